The number of hydrogen-bond acceptors (Lipinski definition) is 9. The lowest BCUT2D eigenvalue weighted by atomic mass is 10.2. The molecule has 0 saturated carbocycles. The van der Waals surface area contributed by atoms with E-state index in [0.717, 1.165) is 5.56 Å². The zero-order chi connectivity index (χ0) is 25.1. The topological polar surface area (TPSA) is 101 Å². The van der Waals surface area contributed by atoms with Gasteiger partial charge in [-0.1, -0.05) is 23.5 Å². The van der Waals surface area contributed by atoms with Crippen LogP contribution in [0.1, 0.15) is 23.9 Å². The van der Waals surface area contributed by atoms with Crippen molar-refractivity contribution in [3.05, 3.63) is 66.6 Å². The van der Waals surface area contributed by atoms with E-state index in [2.05, 4.69) is 26.0 Å². The molecular formula is C24H20BrN3O6S. The molecule has 0 aliphatic heterocycles. The first-order chi connectivity index (χ1) is 16.8. The fraction of sp³-hybridized carbons (Fsp3) is 0.167. The molecule has 0 saturated heterocycles. The summed E-state index contributed by atoms with van der Waals surface area (Å²) in [5.74, 6) is 1.81. The molecule has 35 heavy (non-hydrogen) atoms. The third-order valence-corrected chi connectivity index (χ3v) is 6.37. The van der Waals surface area contributed by atoms with Gasteiger partial charge in [-0.25, -0.2) is 0 Å². The number of halogens is 1. The van der Waals surface area contributed by atoms with E-state index < -0.39 is 5.97 Å². The standard InChI is InChI=1S/C24H20BrN3O6S/c1-13(29)34-22-16(25)9-15(11-19(22)33-4)12-20-23(30)28-24(35-20)26-21(27-28)8-6-14-5-7-17(31-2)18(10-14)32-3/h5-12H,1-4H3/b8-6+,20-12-. The van der Waals surface area contributed by atoms with Crippen molar-refractivity contribution in [1.82, 2.24) is 14.6 Å². The van der Waals surface area contributed by atoms with Crippen LogP contribution in [0.2, 0.25) is 0 Å². The van der Waals surface area contributed by atoms with Crippen LogP contribution in [0, 0.1) is 0 Å². The van der Waals surface area contributed by atoms with E-state index >= 15 is 0 Å². The van der Waals surface area contributed by atoms with Crippen molar-refractivity contribution in [2.24, 2.45) is 0 Å². The molecule has 0 unspecified atom stereocenters. The molecule has 0 atom stereocenters. The van der Waals surface area contributed by atoms with Crippen molar-refractivity contribution in [3.63, 3.8) is 0 Å². The number of aromatic nitrogens is 3. The fourth-order valence-corrected chi connectivity index (χ4v) is 4.72. The Morgan fingerprint density at radius 2 is 1.71 bits per heavy atom. The molecule has 0 fully saturated rings. The van der Waals surface area contributed by atoms with E-state index in [9.17, 15) is 9.59 Å². The number of esters is 1. The minimum Gasteiger partial charge on any atom is -0.493 e. The molecule has 4 aromatic rings. The number of fused-ring (bicyclic) bond motifs is 1. The van der Waals surface area contributed by atoms with E-state index in [-0.39, 0.29) is 11.3 Å². The van der Waals surface area contributed by atoms with Crippen LogP contribution in [0.15, 0.2) is 39.6 Å². The van der Waals surface area contributed by atoms with Crippen molar-refractivity contribution in [3.8, 4) is 23.0 Å². The Morgan fingerprint density at radius 1 is 1.00 bits per heavy atom. The lowest BCUT2D eigenvalue weighted by Gasteiger charge is -2.10. The molecule has 0 amide bonds. The van der Waals surface area contributed by atoms with E-state index in [1.165, 1.54) is 29.9 Å². The Labute approximate surface area is 212 Å². The van der Waals surface area contributed by atoms with Crippen LogP contribution < -0.4 is 29.0 Å². The number of rotatable bonds is 7. The number of nitrogens with zero attached hydrogens (tertiary/aromatic N) is 3. The minimum absolute atomic E-state index is 0.271. The second-order valence-electron chi connectivity index (χ2n) is 7.16. The maximum Gasteiger partial charge on any atom is 0.308 e. The van der Waals surface area contributed by atoms with Gasteiger partial charge in [-0.05, 0) is 63.5 Å². The van der Waals surface area contributed by atoms with E-state index in [1.807, 2.05) is 24.3 Å². The van der Waals surface area contributed by atoms with Crippen LogP contribution in [-0.2, 0) is 4.79 Å². The maximum absolute atomic E-state index is 12.9. The van der Waals surface area contributed by atoms with Crippen molar-refractivity contribution >= 4 is 56.4 Å². The number of thiazole rings is 1. The third kappa shape index (κ3) is 5.20. The summed E-state index contributed by atoms with van der Waals surface area (Å²) in [7, 11) is 4.62. The highest BCUT2D eigenvalue weighted by molar-refractivity contribution is 9.10. The average Bonchev–Trinajstić information content (AvgIpc) is 3.37. The average molecular weight is 558 g/mol. The van der Waals surface area contributed by atoms with Crippen LogP contribution in [0.5, 0.6) is 23.0 Å². The van der Waals surface area contributed by atoms with Gasteiger partial charge in [0, 0.05) is 6.92 Å². The van der Waals surface area contributed by atoms with Gasteiger partial charge in [0.05, 0.1) is 30.3 Å². The first kappa shape index (κ1) is 24.4. The molecular weight excluding hydrogens is 538 g/mol. The number of carbonyl (C=O) groups excluding carboxylic acids is 1. The molecule has 2 aromatic carbocycles. The van der Waals surface area contributed by atoms with Crippen LogP contribution in [0.3, 0.4) is 0 Å². The van der Waals surface area contributed by atoms with Gasteiger partial charge in [0.25, 0.3) is 5.56 Å². The molecule has 0 N–H and O–H groups in total. The fourth-order valence-electron chi connectivity index (χ4n) is 3.26. The Balaban J connectivity index is 1.64. The molecule has 0 spiro atoms. The number of methoxy groups -OCH3 is 3. The summed E-state index contributed by atoms with van der Waals surface area (Å²) in [4.78, 5) is 29.2. The summed E-state index contributed by atoms with van der Waals surface area (Å²) < 4.78 is 23.3. The van der Waals surface area contributed by atoms with E-state index in [4.69, 9.17) is 18.9 Å². The van der Waals surface area contributed by atoms with Crippen molar-refractivity contribution in [2.45, 2.75) is 6.92 Å². The van der Waals surface area contributed by atoms with Crippen LogP contribution in [0.4, 0.5) is 0 Å². The van der Waals surface area contributed by atoms with Crippen molar-refractivity contribution in [2.75, 3.05) is 21.3 Å². The number of benzene rings is 2. The largest absolute Gasteiger partial charge is 0.493 e. The van der Waals surface area contributed by atoms with Gasteiger partial charge >= 0.3 is 5.97 Å². The molecule has 180 valence electrons. The highest BCUT2D eigenvalue weighted by Gasteiger charge is 2.14. The van der Waals surface area contributed by atoms with Gasteiger partial charge in [0.15, 0.2) is 28.8 Å². The minimum atomic E-state index is -0.468. The van der Waals surface area contributed by atoms with Crippen molar-refractivity contribution < 1.29 is 23.7 Å². The smallest absolute Gasteiger partial charge is 0.308 e. The molecule has 0 radical (unpaired) electrons. The number of ether oxygens (including phenoxy) is 4. The second-order valence-corrected chi connectivity index (χ2v) is 9.02. The Morgan fingerprint density at radius 3 is 2.37 bits per heavy atom. The van der Waals surface area contributed by atoms with E-state index in [0.29, 0.717) is 42.6 Å². The number of hydrogen-bond donors (Lipinski definition) is 0. The summed E-state index contributed by atoms with van der Waals surface area (Å²) in [6.45, 7) is 1.31. The van der Waals surface area contributed by atoms with Gasteiger partial charge in [0.1, 0.15) is 0 Å². The quantitative estimate of drug-likeness (QED) is 0.251. The first-order valence-corrected chi connectivity index (χ1v) is 11.8. The summed E-state index contributed by atoms with van der Waals surface area (Å²) in [5, 5.41) is 4.31. The van der Waals surface area contributed by atoms with Gasteiger partial charge in [-0.3, -0.25) is 9.59 Å². The molecule has 2 aromatic heterocycles. The predicted molar refractivity (Wildman–Crippen MR) is 136 cm³/mol. The normalized spacial score (nSPS) is 11.9. The van der Waals surface area contributed by atoms with Gasteiger partial charge < -0.3 is 18.9 Å². The van der Waals surface area contributed by atoms with Gasteiger partial charge in [-0.2, -0.15) is 9.50 Å². The Bertz CT molecular complexity index is 1560. The lowest BCUT2D eigenvalue weighted by molar-refractivity contribution is -0.132. The molecule has 2 heterocycles. The summed E-state index contributed by atoms with van der Waals surface area (Å²) in [6.07, 6.45) is 5.25. The third-order valence-electron chi connectivity index (χ3n) is 4.83. The Hall–Kier alpha value is -3.70. The van der Waals surface area contributed by atoms with Crippen LogP contribution in [-0.4, -0.2) is 41.9 Å². The molecule has 0 bridgehead atoms. The molecule has 9 nitrogen and oxygen atoms in total. The molecule has 4 rings (SSSR count). The first-order valence-electron chi connectivity index (χ1n) is 10.2. The van der Waals surface area contributed by atoms with Crippen LogP contribution >= 0.6 is 27.3 Å². The zero-order valence-electron chi connectivity index (χ0n) is 19.2. The molecule has 11 heteroatoms. The van der Waals surface area contributed by atoms with Gasteiger partial charge in [0.2, 0.25) is 4.96 Å². The highest BCUT2D eigenvalue weighted by atomic mass is 79.9. The summed E-state index contributed by atoms with van der Waals surface area (Å²) >= 11 is 4.60. The SMILES string of the molecule is COc1ccc(/C=C/c2nc3s/c(=C\c4cc(Br)c(OC(C)=O)c(OC)c4)c(=O)n3n2)cc1OC. The maximum atomic E-state index is 12.9. The number of carbonyl (C=O) groups is 1. The summed E-state index contributed by atoms with van der Waals surface area (Å²) in [6, 6.07) is 8.92. The van der Waals surface area contributed by atoms with Crippen LogP contribution in [0.25, 0.3) is 23.2 Å². The van der Waals surface area contributed by atoms with Gasteiger partial charge in [-0.15, -0.1) is 5.10 Å². The van der Waals surface area contributed by atoms with Crippen molar-refractivity contribution in [1.29, 1.82) is 0 Å². The predicted octanol–water partition coefficient (Wildman–Crippen LogP) is 3.58. The Kier molecular flexibility index (Phi) is 7.17. The second kappa shape index (κ2) is 10.3. The zero-order valence-corrected chi connectivity index (χ0v) is 21.6. The molecule has 0 aliphatic rings. The summed E-state index contributed by atoms with van der Waals surface area (Å²) in [5.41, 5.74) is 1.26. The monoisotopic (exact) mass is 557 g/mol. The van der Waals surface area contributed by atoms with E-state index in [1.54, 1.807) is 38.5 Å². The lowest BCUT2D eigenvalue weighted by Crippen LogP contribution is -2.23. The molecule has 0 aliphatic carbocycles. The highest BCUT2D eigenvalue weighted by Crippen LogP contribution is 2.37.